The number of aliphatic imine (C=N–C) groups is 1. The van der Waals surface area contributed by atoms with Gasteiger partial charge in [-0.25, -0.2) is 9.98 Å². The summed E-state index contributed by atoms with van der Waals surface area (Å²) in [5.74, 6) is 0.947. The Balaban J connectivity index is 1.54. The van der Waals surface area contributed by atoms with Crippen LogP contribution >= 0.6 is 0 Å². The largest absolute Gasteiger partial charge is 0.507 e. The van der Waals surface area contributed by atoms with E-state index in [-0.39, 0.29) is 16.8 Å². The van der Waals surface area contributed by atoms with E-state index in [0.717, 1.165) is 24.4 Å². The molecular weight excluding hydrogens is 364 g/mol. The van der Waals surface area contributed by atoms with Crippen LogP contribution in [-0.4, -0.2) is 31.6 Å². The fourth-order valence-corrected chi connectivity index (χ4v) is 4.36. The molecule has 0 aliphatic carbocycles. The normalized spacial score (nSPS) is 20.2. The summed E-state index contributed by atoms with van der Waals surface area (Å²) in [7, 11) is 0. The molecule has 1 fully saturated rings. The van der Waals surface area contributed by atoms with Gasteiger partial charge in [-0.2, -0.15) is 0 Å². The van der Waals surface area contributed by atoms with Gasteiger partial charge in [-0.15, -0.1) is 0 Å². The maximum Gasteiger partial charge on any atom is 0.144 e. The number of aromatic hydroxyl groups is 1. The Bertz CT molecular complexity index is 980. The van der Waals surface area contributed by atoms with Crippen LogP contribution in [0.15, 0.2) is 59.8 Å². The Morgan fingerprint density at radius 3 is 2.45 bits per heavy atom. The van der Waals surface area contributed by atoms with Crippen molar-refractivity contribution < 1.29 is 5.11 Å². The van der Waals surface area contributed by atoms with Gasteiger partial charge in [0.2, 0.25) is 0 Å². The molecule has 2 aromatic rings. The minimum absolute atomic E-state index is 0.0556. The lowest BCUT2D eigenvalue weighted by Crippen LogP contribution is -2.56. The summed E-state index contributed by atoms with van der Waals surface area (Å²) in [6.45, 7) is 8.91. The zero-order valence-corrected chi connectivity index (χ0v) is 17.3. The highest BCUT2D eigenvalue weighted by atomic mass is 16.3. The van der Waals surface area contributed by atoms with Crippen LogP contribution in [0.2, 0.25) is 0 Å². The minimum Gasteiger partial charge on any atom is -0.507 e. The average Bonchev–Trinajstić information content (AvgIpc) is 3.14. The number of nitrogens with one attached hydrogen (secondary N) is 3. The van der Waals surface area contributed by atoms with Crippen molar-refractivity contribution in [2.45, 2.75) is 51.6 Å². The van der Waals surface area contributed by atoms with Crippen LogP contribution in [0.25, 0.3) is 11.4 Å². The van der Waals surface area contributed by atoms with E-state index in [9.17, 15) is 5.11 Å². The van der Waals surface area contributed by atoms with Gasteiger partial charge in [0.15, 0.2) is 0 Å². The van der Waals surface area contributed by atoms with Gasteiger partial charge in [0.1, 0.15) is 11.6 Å². The van der Waals surface area contributed by atoms with Gasteiger partial charge in [-0.3, -0.25) is 10.9 Å². The number of amidine groups is 1. The summed E-state index contributed by atoms with van der Waals surface area (Å²) >= 11 is 0. The van der Waals surface area contributed by atoms with Gasteiger partial charge in [0, 0.05) is 35.1 Å². The van der Waals surface area contributed by atoms with E-state index in [1.807, 2.05) is 22.9 Å². The number of imidazole rings is 1. The van der Waals surface area contributed by atoms with E-state index in [2.05, 4.69) is 59.9 Å². The molecule has 7 nitrogen and oxygen atoms in total. The first-order valence-electron chi connectivity index (χ1n) is 9.81. The summed E-state index contributed by atoms with van der Waals surface area (Å²) < 4.78 is 1.84. The summed E-state index contributed by atoms with van der Waals surface area (Å²) in [5, 5.41) is 14.2. The quantitative estimate of drug-likeness (QED) is 0.644. The summed E-state index contributed by atoms with van der Waals surface area (Å²) in [5.41, 5.74) is 10.0. The molecule has 0 spiro atoms. The molecule has 1 aromatic carbocycles. The van der Waals surface area contributed by atoms with Crippen LogP contribution in [0.4, 0.5) is 0 Å². The standard InChI is InChI=1S/C22H28N6O/c1-21(2)11-15(12-22(3,4)27-21)9-20-24-13-18(25-26-20)17-6-5-16(10-19(17)29)28-8-7-23-14-28/h5-10,13-14,25,27,29H,11-12H2,1-4H3,(H,24,26). The maximum atomic E-state index is 10.5. The lowest BCUT2D eigenvalue weighted by molar-refractivity contribution is 0.223. The molecule has 0 radical (unpaired) electrons. The molecule has 0 bridgehead atoms. The molecule has 3 heterocycles. The number of hydrazine groups is 1. The second-order valence-corrected chi connectivity index (χ2v) is 9.03. The van der Waals surface area contributed by atoms with Gasteiger partial charge in [0.25, 0.3) is 0 Å². The molecule has 0 unspecified atom stereocenters. The molecule has 2 aliphatic rings. The molecule has 0 atom stereocenters. The first-order valence-corrected chi connectivity index (χ1v) is 9.81. The van der Waals surface area contributed by atoms with Gasteiger partial charge < -0.3 is 15.0 Å². The van der Waals surface area contributed by atoms with Gasteiger partial charge >= 0.3 is 0 Å². The summed E-state index contributed by atoms with van der Waals surface area (Å²) in [6, 6.07) is 5.50. The zero-order valence-electron chi connectivity index (χ0n) is 17.3. The second-order valence-electron chi connectivity index (χ2n) is 9.03. The zero-order chi connectivity index (χ0) is 20.6. The van der Waals surface area contributed by atoms with Crippen molar-refractivity contribution in [2.75, 3.05) is 0 Å². The van der Waals surface area contributed by atoms with Crippen molar-refractivity contribution in [3.05, 3.63) is 60.3 Å². The molecule has 2 aliphatic heterocycles. The van der Waals surface area contributed by atoms with E-state index < -0.39 is 0 Å². The van der Waals surface area contributed by atoms with E-state index >= 15 is 0 Å². The number of benzene rings is 1. The van der Waals surface area contributed by atoms with E-state index in [1.54, 1.807) is 24.8 Å². The number of nitrogens with zero attached hydrogens (tertiary/aromatic N) is 3. The lowest BCUT2D eigenvalue weighted by Gasteiger charge is -2.44. The van der Waals surface area contributed by atoms with Crippen molar-refractivity contribution in [3.63, 3.8) is 0 Å². The Morgan fingerprint density at radius 1 is 1.10 bits per heavy atom. The molecule has 0 saturated carbocycles. The number of hydrogen-bond acceptors (Lipinski definition) is 6. The third-order valence-corrected chi connectivity index (χ3v) is 5.09. The van der Waals surface area contributed by atoms with Gasteiger partial charge in [-0.05, 0) is 58.7 Å². The van der Waals surface area contributed by atoms with E-state index in [4.69, 9.17) is 0 Å². The summed E-state index contributed by atoms with van der Waals surface area (Å²) in [6.07, 6.45) is 11.0. The van der Waals surface area contributed by atoms with Crippen molar-refractivity contribution >= 4 is 11.5 Å². The monoisotopic (exact) mass is 392 g/mol. The van der Waals surface area contributed by atoms with Crippen LogP contribution in [-0.2, 0) is 0 Å². The highest BCUT2D eigenvalue weighted by molar-refractivity contribution is 5.96. The molecule has 4 N–H and O–H groups in total. The molecular formula is C22H28N6O. The SMILES string of the molecule is CC1(C)CC(=CC2=NC=C(c3ccc(-n4ccnc4)cc3O)NN2)CC(C)(C)N1. The van der Waals surface area contributed by atoms with E-state index in [1.165, 1.54) is 5.57 Å². The maximum absolute atomic E-state index is 10.5. The first kappa shape index (κ1) is 19.3. The summed E-state index contributed by atoms with van der Waals surface area (Å²) in [4.78, 5) is 8.58. The van der Waals surface area contributed by atoms with Crippen molar-refractivity contribution in [1.82, 2.24) is 25.7 Å². The van der Waals surface area contributed by atoms with E-state index in [0.29, 0.717) is 11.3 Å². The van der Waals surface area contributed by atoms with Crippen LogP contribution in [0, 0.1) is 0 Å². The Kier molecular flexibility index (Phi) is 4.70. The topological polar surface area (TPSA) is 86.5 Å². The number of phenolic OH excluding ortho intramolecular Hbond substituents is 1. The minimum atomic E-state index is 0.0556. The fraction of sp³-hybridized carbons (Fsp3) is 0.364. The van der Waals surface area contributed by atoms with Crippen LogP contribution in [0.5, 0.6) is 5.75 Å². The number of rotatable bonds is 3. The third-order valence-electron chi connectivity index (χ3n) is 5.09. The van der Waals surface area contributed by atoms with Gasteiger partial charge in [-0.1, -0.05) is 5.57 Å². The second kappa shape index (κ2) is 7.08. The molecule has 152 valence electrons. The molecule has 7 heteroatoms. The van der Waals surface area contributed by atoms with Crippen molar-refractivity contribution in [1.29, 1.82) is 0 Å². The van der Waals surface area contributed by atoms with Crippen LogP contribution in [0.1, 0.15) is 46.1 Å². The smallest absolute Gasteiger partial charge is 0.144 e. The lowest BCUT2D eigenvalue weighted by atomic mass is 9.79. The average molecular weight is 393 g/mol. The number of piperidine rings is 1. The molecule has 1 aromatic heterocycles. The fourth-order valence-electron chi connectivity index (χ4n) is 4.36. The van der Waals surface area contributed by atoms with Crippen LogP contribution < -0.4 is 16.2 Å². The van der Waals surface area contributed by atoms with Gasteiger partial charge in [0.05, 0.1) is 23.9 Å². The Labute approximate surface area is 171 Å². The van der Waals surface area contributed by atoms with Crippen molar-refractivity contribution in [3.8, 4) is 11.4 Å². The Morgan fingerprint density at radius 2 is 1.86 bits per heavy atom. The van der Waals surface area contributed by atoms with Crippen molar-refractivity contribution in [2.24, 2.45) is 4.99 Å². The Hall–Kier alpha value is -3.06. The highest BCUT2D eigenvalue weighted by Crippen LogP contribution is 2.32. The predicted molar refractivity (Wildman–Crippen MR) is 116 cm³/mol. The predicted octanol–water partition coefficient (Wildman–Crippen LogP) is 3.25. The first-order chi connectivity index (χ1) is 13.7. The molecule has 29 heavy (non-hydrogen) atoms. The number of hydrogen-bond donors (Lipinski definition) is 4. The highest BCUT2D eigenvalue weighted by Gasteiger charge is 2.34. The molecule has 0 amide bonds. The van der Waals surface area contributed by atoms with Crippen LogP contribution in [0.3, 0.4) is 0 Å². The molecule has 4 rings (SSSR count). The third kappa shape index (κ3) is 4.35. The number of aromatic nitrogens is 2. The molecule has 1 saturated heterocycles. The number of phenols is 1.